The summed E-state index contributed by atoms with van der Waals surface area (Å²) in [6.45, 7) is 1.89. The van der Waals surface area contributed by atoms with Crippen molar-refractivity contribution in [2.45, 2.75) is 25.7 Å². The van der Waals surface area contributed by atoms with Gasteiger partial charge >= 0.3 is 0 Å². The Labute approximate surface area is 143 Å². The quantitative estimate of drug-likeness (QED) is 0.439. The second kappa shape index (κ2) is 7.00. The molecule has 0 radical (unpaired) electrons. The van der Waals surface area contributed by atoms with Gasteiger partial charge in [-0.2, -0.15) is 5.10 Å². The maximum absolute atomic E-state index is 14.1. The molecule has 1 atom stereocenters. The monoisotopic (exact) mass is 354 g/mol. The third-order valence-electron chi connectivity index (χ3n) is 3.92. The van der Waals surface area contributed by atoms with Crippen molar-refractivity contribution in [3.05, 3.63) is 58.5 Å². The van der Waals surface area contributed by atoms with Crippen LogP contribution in [0.25, 0.3) is 0 Å². The zero-order valence-corrected chi connectivity index (χ0v) is 13.7. The number of nitrogens with two attached hydrogens (primary N) is 1. The first-order valence-corrected chi connectivity index (χ1v) is 7.14. The van der Waals surface area contributed by atoms with Crippen LogP contribution in [0.4, 0.5) is 8.78 Å². The number of aryl methyl sites for hydroxylation is 1. The Morgan fingerprint density at radius 2 is 2.12 bits per heavy atom. The normalized spacial score (nSPS) is 18.0. The van der Waals surface area contributed by atoms with Gasteiger partial charge in [-0.3, -0.25) is 5.41 Å². The number of hydrazone groups is 1. The molecule has 0 fully saturated rings. The van der Waals surface area contributed by atoms with Crippen molar-refractivity contribution >= 4 is 24.1 Å². The molecule has 4 N–H and O–H groups in total. The second-order valence-corrected chi connectivity index (χ2v) is 5.57. The summed E-state index contributed by atoms with van der Waals surface area (Å²) in [5.41, 5.74) is 10.5. The summed E-state index contributed by atoms with van der Waals surface area (Å²) in [5.74, 6) is -0.993. The highest BCUT2D eigenvalue weighted by atomic mass is 35.5. The molecule has 1 aliphatic carbocycles. The van der Waals surface area contributed by atoms with Gasteiger partial charge in [0, 0.05) is 18.1 Å². The molecular weight excluding hydrogens is 338 g/mol. The topological polar surface area (TPSA) is 87.4 Å². The van der Waals surface area contributed by atoms with Gasteiger partial charge in [0.15, 0.2) is 0 Å². The Balaban J connectivity index is 0.00000208. The number of hydrogen-bond donors (Lipinski definition) is 3. The van der Waals surface area contributed by atoms with Gasteiger partial charge in [-0.15, -0.1) is 12.4 Å². The van der Waals surface area contributed by atoms with Crippen LogP contribution < -0.4 is 11.2 Å². The van der Waals surface area contributed by atoms with E-state index < -0.39 is 11.6 Å². The molecule has 5 nitrogen and oxygen atoms in total. The van der Waals surface area contributed by atoms with Gasteiger partial charge in [0.1, 0.15) is 17.4 Å². The molecule has 2 aromatic rings. The SMILES string of the molecule is Cc1coc2c1C(=NNC(=N)N)CC(c1ccc(F)cc1F)C2.Cl. The summed E-state index contributed by atoms with van der Waals surface area (Å²) in [4.78, 5) is 0. The number of halogens is 3. The minimum absolute atomic E-state index is 0. The fraction of sp³-hybridized carbons (Fsp3) is 0.250. The maximum atomic E-state index is 14.1. The first-order chi connectivity index (χ1) is 11.0. The highest BCUT2D eigenvalue weighted by molar-refractivity contribution is 6.04. The molecule has 0 bridgehead atoms. The van der Waals surface area contributed by atoms with E-state index in [1.807, 2.05) is 6.92 Å². The van der Waals surface area contributed by atoms with Gasteiger partial charge in [0.2, 0.25) is 5.96 Å². The zero-order chi connectivity index (χ0) is 16.6. The van der Waals surface area contributed by atoms with E-state index in [4.69, 9.17) is 15.6 Å². The van der Waals surface area contributed by atoms with Crippen LogP contribution in [0.3, 0.4) is 0 Å². The van der Waals surface area contributed by atoms with E-state index in [1.54, 1.807) is 6.26 Å². The molecule has 1 aliphatic rings. The van der Waals surface area contributed by atoms with Gasteiger partial charge in [-0.25, -0.2) is 14.2 Å². The Hall–Kier alpha value is -2.41. The highest BCUT2D eigenvalue weighted by Crippen LogP contribution is 2.36. The standard InChI is InChI=1S/C16H16F2N4O.ClH/c1-8-7-23-14-5-9(11-3-2-10(17)6-12(11)18)4-13(15(8)14)21-22-16(19)20;/h2-3,6-7,9H,4-5H2,1H3,(H4,19,20,22);1H. The van der Waals surface area contributed by atoms with Crippen LogP contribution >= 0.6 is 12.4 Å². The first kappa shape index (κ1) is 17.9. The number of rotatable bonds is 2. The number of furan rings is 1. The van der Waals surface area contributed by atoms with Crippen molar-refractivity contribution in [2.75, 3.05) is 0 Å². The van der Waals surface area contributed by atoms with Crippen molar-refractivity contribution in [3.8, 4) is 0 Å². The van der Waals surface area contributed by atoms with Gasteiger partial charge in [-0.1, -0.05) is 6.07 Å². The Morgan fingerprint density at radius 1 is 1.38 bits per heavy atom. The molecule has 1 aromatic carbocycles. The van der Waals surface area contributed by atoms with Gasteiger partial charge < -0.3 is 10.2 Å². The smallest absolute Gasteiger partial charge is 0.206 e. The number of nitrogens with one attached hydrogen (secondary N) is 2. The second-order valence-electron chi connectivity index (χ2n) is 5.57. The van der Waals surface area contributed by atoms with E-state index in [9.17, 15) is 8.78 Å². The van der Waals surface area contributed by atoms with Crippen LogP contribution in [0.2, 0.25) is 0 Å². The van der Waals surface area contributed by atoms with Crippen LogP contribution in [-0.2, 0) is 6.42 Å². The number of fused-ring (bicyclic) bond motifs is 1. The van der Waals surface area contributed by atoms with E-state index >= 15 is 0 Å². The van der Waals surface area contributed by atoms with E-state index in [-0.39, 0.29) is 24.3 Å². The highest BCUT2D eigenvalue weighted by Gasteiger charge is 2.30. The first-order valence-electron chi connectivity index (χ1n) is 7.14. The lowest BCUT2D eigenvalue weighted by molar-refractivity contribution is 0.471. The molecule has 0 spiro atoms. The van der Waals surface area contributed by atoms with E-state index in [1.165, 1.54) is 12.1 Å². The van der Waals surface area contributed by atoms with Crippen molar-refractivity contribution in [2.24, 2.45) is 10.8 Å². The summed E-state index contributed by atoms with van der Waals surface area (Å²) in [6, 6.07) is 3.57. The zero-order valence-electron chi connectivity index (χ0n) is 12.9. The van der Waals surface area contributed by atoms with Gasteiger partial charge in [0.25, 0.3) is 0 Å². The lowest BCUT2D eigenvalue weighted by Crippen LogP contribution is -2.29. The number of nitrogens with zero attached hydrogens (tertiary/aromatic N) is 1. The third-order valence-corrected chi connectivity index (χ3v) is 3.92. The number of benzene rings is 1. The molecular formula is C16H17ClF2N4O. The average molecular weight is 355 g/mol. The minimum atomic E-state index is -0.608. The van der Waals surface area contributed by atoms with Gasteiger partial charge in [0.05, 0.1) is 12.0 Å². The molecule has 24 heavy (non-hydrogen) atoms. The maximum Gasteiger partial charge on any atom is 0.206 e. The molecule has 8 heteroatoms. The van der Waals surface area contributed by atoms with Crippen LogP contribution in [0.15, 0.2) is 34.0 Å². The third kappa shape index (κ3) is 3.41. The molecule has 0 aliphatic heterocycles. The lowest BCUT2D eigenvalue weighted by Gasteiger charge is -2.24. The minimum Gasteiger partial charge on any atom is -0.468 e. The summed E-state index contributed by atoms with van der Waals surface area (Å²) in [6.07, 6.45) is 2.57. The predicted molar refractivity (Wildman–Crippen MR) is 89.7 cm³/mol. The number of hydrogen-bond acceptors (Lipinski definition) is 3. The molecule has 3 rings (SSSR count). The molecule has 0 saturated carbocycles. The fourth-order valence-electron chi connectivity index (χ4n) is 2.95. The molecule has 1 heterocycles. The molecule has 1 unspecified atom stereocenters. The van der Waals surface area contributed by atoms with Crippen molar-refractivity contribution in [1.29, 1.82) is 5.41 Å². The summed E-state index contributed by atoms with van der Waals surface area (Å²) in [7, 11) is 0. The van der Waals surface area contributed by atoms with E-state index in [0.29, 0.717) is 29.9 Å². The van der Waals surface area contributed by atoms with Crippen molar-refractivity contribution < 1.29 is 13.2 Å². The Bertz CT molecular complexity index is 803. The predicted octanol–water partition coefficient (Wildman–Crippen LogP) is 3.21. The average Bonchev–Trinajstić information content (AvgIpc) is 2.86. The molecule has 1 aromatic heterocycles. The lowest BCUT2D eigenvalue weighted by atomic mass is 9.81. The van der Waals surface area contributed by atoms with Gasteiger partial charge in [-0.05, 0) is 36.5 Å². The molecule has 0 amide bonds. The summed E-state index contributed by atoms with van der Waals surface area (Å²) < 4.78 is 32.7. The van der Waals surface area contributed by atoms with Crippen LogP contribution in [0.5, 0.6) is 0 Å². The van der Waals surface area contributed by atoms with E-state index in [2.05, 4.69) is 10.5 Å². The largest absolute Gasteiger partial charge is 0.468 e. The summed E-state index contributed by atoms with van der Waals surface area (Å²) >= 11 is 0. The summed E-state index contributed by atoms with van der Waals surface area (Å²) in [5, 5.41) is 11.4. The number of guanidine groups is 1. The van der Waals surface area contributed by atoms with Crippen molar-refractivity contribution in [1.82, 2.24) is 5.43 Å². The van der Waals surface area contributed by atoms with E-state index in [0.717, 1.165) is 17.2 Å². The Kier molecular flexibility index (Phi) is 5.23. The fourth-order valence-corrected chi connectivity index (χ4v) is 2.95. The van der Waals surface area contributed by atoms with Crippen LogP contribution in [0.1, 0.15) is 34.8 Å². The Morgan fingerprint density at radius 3 is 2.79 bits per heavy atom. The molecule has 128 valence electrons. The molecule has 0 saturated heterocycles. The van der Waals surface area contributed by atoms with Crippen LogP contribution in [-0.4, -0.2) is 11.7 Å². The van der Waals surface area contributed by atoms with Crippen LogP contribution in [0, 0.1) is 24.0 Å². The van der Waals surface area contributed by atoms with Crippen molar-refractivity contribution in [3.63, 3.8) is 0 Å².